The molecule has 4 aromatic rings. The third-order valence-corrected chi connectivity index (χ3v) is 6.40. The minimum atomic E-state index is 0.150. The molecule has 1 amide bonds. The second-order valence-electron chi connectivity index (χ2n) is 8.69. The van der Waals surface area contributed by atoms with Crippen LogP contribution in [0, 0.1) is 13.8 Å². The second-order valence-corrected chi connectivity index (χ2v) is 8.69. The lowest BCUT2D eigenvalue weighted by Gasteiger charge is -2.32. The van der Waals surface area contributed by atoms with E-state index < -0.39 is 0 Å². The van der Waals surface area contributed by atoms with Gasteiger partial charge < -0.3 is 14.6 Å². The van der Waals surface area contributed by atoms with Crippen molar-refractivity contribution in [1.82, 2.24) is 24.3 Å². The van der Waals surface area contributed by atoms with Crippen LogP contribution in [0.1, 0.15) is 41.4 Å². The number of carbonyl (C=O) groups excluding carboxylic acids is 1. The summed E-state index contributed by atoms with van der Waals surface area (Å²) in [5, 5.41) is 3.33. The summed E-state index contributed by atoms with van der Waals surface area (Å²) in [6.07, 6.45) is 7.99. The molecule has 4 aromatic heterocycles. The fraction of sp³-hybridized carbons (Fsp3) is 0.308. The van der Waals surface area contributed by atoms with Gasteiger partial charge in [-0.1, -0.05) is 12.1 Å². The lowest BCUT2D eigenvalue weighted by Crippen LogP contribution is -2.40. The molecule has 1 fully saturated rings. The number of nitrogens with one attached hydrogen (secondary N) is 1. The molecule has 7 nitrogen and oxygen atoms in total. The molecule has 0 aromatic carbocycles. The first-order valence-electron chi connectivity index (χ1n) is 11.4. The van der Waals surface area contributed by atoms with E-state index in [1.54, 1.807) is 6.20 Å². The fourth-order valence-electron chi connectivity index (χ4n) is 4.55. The maximum absolute atomic E-state index is 13.2. The van der Waals surface area contributed by atoms with Crippen molar-refractivity contribution in [3.05, 3.63) is 83.7 Å². The third-order valence-electron chi connectivity index (χ3n) is 6.40. The van der Waals surface area contributed by atoms with Gasteiger partial charge in [-0.15, -0.1) is 0 Å². The number of carbonyl (C=O) groups is 1. The summed E-state index contributed by atoms with van der Waals surface area (Å²) in [5.74, 6) is 1.23. The fourth-order valence-corrected chi connectivity index (χ4v) is 4.55. The first kappa shape index (κ1) is 21.1. The number of amides is 1. The first-order chi connectivity index (χ1) is 16.1. The molecular weight excluding hydrogens is 412 g/mol. The monoisotopic (exact) mass is 440 g/mol. The van der Waals surface area contributed by atoms with Crippen LogP contribution in [0.3, 0.4) is 0 Å². The second kappa shape index (κ2) is 9.02. The molecule has 5 rings (SSSR count). The van der Waals surface area contributed by atoms with Gasteiger partial charge in [-0.25, -0.2) is 9.97 Å². The largest absolute Gasteiger partial charge is 0.342 e. The Morgan fingerprint density at radius 2 is 2.03 bits per heavy atom. The molecule has 0 saturated carbocycles. The van der Waals surface area contributed by atoms with Gasteiger partial charge in [-0.2, -0.15) is 0 Å². The van der Waals surface area contributed by atoms with E-state index in [0.29, 0.717) is 13.0 Å². The highest BCUT2D eigenvalue weighted by molar-refractivity contribution is 5.79. The normalized spacial score (nSPS) is 16.2. The SMILES string of the molecule is Cc1cccnc1Nc1ccc(C2CCCN(C(=O)Cc3c(C)nc4ccccn34)C2)nc1. The summed E-state index contributed by atoms with van der Waals surface area (Å²) in [4.78, 5) is 28.8. The molecule has 1 N–H and O–H groups in total. The predicted octanol–water partition coefficient (Wildman–Crippen LogP) is 4.43. The Hall–Kier alpha value is -3.74. The van der Waals surface area contributed by atoms with Crippen LogP contribution in [-0.4, -0.2) is 43.2 Å². The number of hydrogen-bond acceptors (Lipinski definition) is 5. The lowest BCUT2D eigenvalue weighted by atomic mass is 9.94. The molecule has 0 spiro atoms. The van der Waals surface area contributed by atoms with Gasteiger partial charge in [0.05, 0.1) is 29.7 Å². The van der Waals surface area contributed by atoms with Gasteiger partial charge in [0.25, 0.3) is 0 Å². The Bertz CT molecular complexity index is 1280. The summed E-state index contributed by atoms with van der Waals surface area (Å²) < 4.78 is 2.02. The summed E-state index contributed by atoms with van der Waals surface area (Å²) in [6.45, 7) is 5.50. The van der Waals surface area contributed by atoms with Crippen LogP contribution in [0.5, 0.6) is 0 Å². The average Bonchev–Trinajstić information content (AvgIpc) is 3.16. The summed E-state index contributed by atoms with van der Waals surface area (Å²) >= 11 is 0. The van der Waals surface area contributed by atoms with Crippen molar-refractivity contribution in [2.75, 3.05) is 18.4 Å². The molecule has 1 aliphatic rings. The maximum atomic E-state index is 13.2. The van der Waals surface area contributed by atoms with Crippen LogP contribution in [0.25, 0.3) is 5.65 Å². The van der Waals surface area contributed by atoms with E-state index in [4.69, 9.17) is 4.98 Å². The number of piperidine rings is 1. The van der Waals surface area contributed by atoms with Crippen LogP contribution >= 0.6 is 0 Å². The average molecular weight is 441 g/mol. The van der Waals surface area contributed by atoms with Gasteiger partial charge in [0, 0.05) is 37.1 Å². The highest BCUT2D eigenvalue weighted by atomic mass is 16.2. The minimum absolute atomic E-state index is 0.150. The van der Waals surface area contributed by atoms with E-state index in [9.17, 15) is 4.79 Å². The molecule has 1 unspecified atom stereocenters. The summed E-state index contributed by atoms with van der Waals surface area (Å²) in [6, 6.07) is 14.0. The number of aryl methyl sites for hydroxylation is 2. The van der Waals surface area contributed by atoms with E-state index >= 15 is 0 Å². The van der Waals surface area contributed by atoms with Gasteiger partial charge in [0.1, 0.15) is 11.5 Å². The number of nitrogens with zero attached hydrogens (tertiary/aromatic N) is 5. The zero-order chi connectivity index (χ0) is 22.8. The highest BCUT2D eigenvalue weighted by Gasteiger charge is 2.26. The third kappa shape index (κ3) is 4.44. The number of hydrogen-bond donors (Lipinski definition) is 1. The molecule has 0 aliphatic carbocycles. The predicted molar refractivity (Wildman–Crippen MR) is 129 cm³/mol. The molecular formula is C26H28N6O. The van der Waals surface area contributed by atoms with Crippen LogP contribution in [0.2, 0.25) is 0 Å². The van der Waals surface area contributed by atoms with Crippen molar-refractivity contribution in [2.45, 2.75) is 39.0 Å². The van der Waals surface area contributed by atoms with E-state index in [0.717, 1.165) is 59.2 Å². The first-order valence-corrected chi connectivity index (χ1v) is 11.4. The van der Waals surface area contributed by atoms with Gasteiger partial charge in [0.2, 0.25) is 5.91 Å². The number of fused-ring (bicyclic) bond motifs is 1. The Labute approximate surface area is 193 Å². The maximum Gasteiger partial charge on any atom is 0.228 e. The molecule has 5 heterocycles. The molecule has 1 atom stereocenters. The van der Waals surface area contributed by atoms with E-state index in [2.05, 4.69) is 21.4 Å². The Balaban J connectivity index is 1.26. The van der Waals surface area contributed by atoms with Crippen molar-refractivity contribution < 1.29 is 4.79 Å². The minimum Gasteiger partial charge on any atom is -0.342 e. The highest BCUT2D eigenvalue weighted by Crippen LogP contribution is 2.27. The van der Waals surface area contributed by atoms with Crippen LogP contribution in [0.4, 0.5) is 11.5 Å². The van der Waals surface area contributed by atoms with Gasteiger partial charge >= 0.3 is 0 Å². The van der Waals surface area contributed by atoms with Crippen LogP contribution in [-0.2, 0) is 11.2 Å². The van der Waals surface area contributed by atoms with Gasteiger partial charge in [-0.3, -0.25) is 9.78 Å². The Morgan fingerprint density at radius 1 is 1.12 bits per heavy atom. The van der Waals surface area contributed by atoms with Gasteiger partial charge in [0.15, 0.2) is 0 Å². The quantitative estimate of drug-likeness (QED) is 0.497. The van der Waals surface area contributed by atoms with E-state index in [1.807, 2.05) is 71.9 Å². The summed E-state index contributed by atoms with van der Waals surface area (Å²) in [5.41, 5.74) is 5.79. The number of aromatic nitrogens is 4. The zero-order valence-electron chi connectivity index (χ0n) is 19.0. The molecule has 1 aliphatic heterocycles. The molecule has 1 saturated heterocycles. The molecule has 7 heteroatoms. The number of imidazole rings is 1. The Morgan fingerprint density at radius 3 is 2.85 bits per heavy atom. The van der Waals surface area contributed by atoms with Crippen molar-refractivity contribution in [2.24, 2.45) is 0 Å². The zero-order valence-corrected chi connectivity index (χ0v) is 19.0. The van der Waals surface area contributed by atoms with Gasteiger partial charge in [-0.05, 0) is 62.6 Å². The standard InChI is InChI=1S/C26H28N6O/c1-18-7-5-12-27-26(18)30-21-10-11-22(28-16-21)20-8-6-13-31(17-20)25(33)15-23-19(2)29-24-9-3-4-14-32(23)24/h3-5,7,9-12,14,16,20H,6,8,13,15,17H2,1-2H3,(H,27,30). The van der Waals surface area contributed by atoms with Crippen molar-refractivity contribution in [3.63, 3.8) is 0 Å². The molecule has 168 valence electrons. The number of pyridine rings is 3. The van der Waals surface area contributed by atoms with Crippen LogP contribution < -0.4 is 5.32 Å². The topological polar surface area (TPSA) is 75.4 Å². The molecule has 33 heavy (non-hydrogen) atoms. The number of likely N-dealkylation sites (tertiary alicyclic amines) is 1. The molecule has 0 bridgehead atoms. The molecule has 0 radical (unpaired) electrons. The van der Waals surface area contributed by atoms with Crippen molar-refractivity contribution >= 4 is 23.1 Å². The number of rotatable bonds is 5. The van der Waals surface area contributed by atoms with E-state index in [-0.39, 0.29) is 11.8 Å². The van der Waals surface area contributed by atoms with Crippen molar-refractivity contribution in [1.29, 1.82) is 0 Å². The lowest BCUT2D eigenvalue weighted by molar-refractivity contribution is -0.131. The van der Waals surface area contributed by atoms with Crippen molar-refractivity contribution in [3.8, 4) is 0 Å². The van der Waals surface area contributed by atoms with E-state index in [1.165, 1.54) is 0 Å². The Kier molecular flexibility index (Phi) is 5.77. The smallest absolute Gasteiger partial charge is 0.228 e. The summed E-state index contributed by atoms with van der Waals surface area (Å²) in [7, 11) is 0. The van der Waals surface area contributed by atoms with Crippen LogP contribution in [0.15, 0.2) is 61.1 Å². The number of anilines is 2.